The molecule has 0 saturated carbocycles. The molecule has 0 unspecified atom stereocenters. The zero-order chi connectivity index (χ0) is 17.4. The highest BCUT2D eigenvalue weighted by atomic mass is 35.5. The van der Waals surface area contributed by atoms with Crippen molar-refractivity contribution in [2.75, 3.05) is 13.7 Å². The summed E-state index contributed by atoms with van der Waals surface area (Å²) >= 11 is 11.2. The van der Waals surface area contributed by atoms with Crippen molar-refractivity contribution >= 4 is 39.9 Å². The monoisotopic (exact) mass is 374 g/mol. The molecule has 0 aliphatic rings. The zero-order valence-electron chi connectivity index (χ0n) is 12.1. The fourth-order valence-corrected chi connectivity index (χ4v) is 0.960. The van der Waals surface area contributed by atoms with Crippen LogP contribution in [-0.2, 0) is 19.3 Å². The summed E-state index contributed by atoms with van der Waals surface area (Å²) in [6.07, 6.45) is 3.05. The van der Waals surface area contributed by atoms with Crippen LogP contribution in [0.4, 0.5) is 0 Å². The van der Waals surface area contributed by atoms with Crippen LogP contribution in [0.5, 0.6) is 0 Å². The molecule has 0 aromatic carbocycles. The molecular weight excluding hydrogens is 359 g/mol. The lowest BCUT2D eigenvalue weighted by Gasteiger charge is -2.26. The van der Waals surface area contributed by atoms with Gasteiger partial charge in [-0.25, -0.2) is 4.79 Å². The van der Waals surface area contributed by atoms with E-state index in [0.29, 0.717) is 5.56 Å². The minimum atomic E-state index is -4.16. The smallest absolute Gasteiger partial charge is 0.397 e. The highest BCUT2D eigenvalue weighted by Crippen LogP contribution is 2.20. The number of rotatable bonds is 5. The third-order valence-corrected chi connectivity index (χ3v) is 3.48. The summed E-state index contributed by atoms with van der Waals surface area (Å²) < 4.78 is 35.8. The molecule has 0 fully saturated rings. The molecule has 1 aromatic heterocycles. The van der Waals surface area contributed by atoms with Crippen molar-refractivity contribution in [2.24, 2.45) is 0 Å². The van der Waals surface area contributed by atoms with Crippen LogP contribution >= 0.6 is 23.6 Å². The van der Waals surface area contributed by atoms with Gasteiger partial charge in [0.15, 0.2) is 0 Å². The van der Waals surface area contributed by atoms with Crippen molar-refractivity contribution < 1.29 is 26.7 Å². The Morgan fingerprint density at radius 1 is 1.36 bits per heavy atom. The van der Waals surface area contributed by atoms with Crippen LogP contribution in [0.2, 0.25) is 0 Å². The first kappa shape index (κ1) is 21.0. The molecule has 0 radical (unpaired) electrons. The summed E-state index contributed by atoms with van der Waals surface area (Å²) in [7, 11) is -3.29. The van der Waals surface area contributed by atoms with Gasteiger partial charge in [0.25, 0.3) is 0 Å². The van der Waals surface area contributed by atoms with Gasteiger partial charge >= 0.3 is 16.4 Å². The van der Waals surface area contributed by atoms with Crippen molar-refractivity contribution in [3.63, 3.8) is 0 Å². The van der Waals surface area contributed by atoms with Gasteiger partial charge in [0.05, 0.1) is 18.2 Å². The average molecular weight is 375 g/mol. The van der Waals surface area contributed by atoms with Crippen LogP contribution in [-0.4, -0.2) is 47.1 Å². The summed E-state index contributed by atoms with van der Waals surface area (Å²) in [5.74, 6) is -0.425. The Balaban J connectivity index is 0.000000626. The second kappa shape index (κ2) is 9.23. The van der Waals surface area contributed by atoms with Crippen molar-refractivity contribution in [1.29, 1.82) is 0 Å². The molecule has 0 saturated heterocycles. The lowest BCUT2D eigenvalue weighted by atomic mass is 10.1. The molecule has 11 heteroatoms. The number of carbonyl (C=O) groups is 1. The van der Waals surface area contributed by atoms with Gasteiger partial charge in [-0.05, 0) is 49.5 Å². The van der Waals surface area contributed by atoms with E-state index in [-0.39, 0.29) is 6.61 Å². The molecule has 126 valence electrons. The molecule has 1 N–H and O–H groups in total. The molecule has 8 nitrogen and oxygen atoms in total. The molecule has 1 aromatic rings. The summed E-state index contributed by atoms with van der Waals surface area (Å²) in [6, 6.07) is 3.16. The maximum Gasteiger partial charge on any atom is 0.397 e. The van der Waals surface area contributed by atoms with Gasteiger partial charge in [0.2, 0.25) is 0 Å². The predicted molar refractivity (Wildman–Crippen MR) is 80.7 cm³/mol. The molecule has 1 heterocycles. The first-order chi connectivity index (χ1) is 9.99. The van der Waals surface area contributed by atoms with E-state index in [4.69, 9.17) is 32.8 Å². The second-order valence-corrected chi connectivity index (χ2v) is 6.49. The normalized spacial score (nSPS) is 11.6. The van der Waals surface area contributed by atoms with E-state index in [2.05, 4.69) is 9.17 Å². The van der Waals surface area contributed by atoms with E-state index in [9.17, 15) is 13.2 Å². The van der Waals surface area contributed by atoms with Gasteiger partial charge in [-0.2, -0.15) is 8.42 Å². The minimum Gasteiger partial charge on any atom is -0.460 e. The lowest BCUT2D eigenvalue weighted by molar-refractivity contribution is 0.0373. The SMILES string of the molecule is CC(C)(COC(=O)c1ccncc1)N(Cl)Cl.COS(=O)(=O)O. The van der Waals surface area contributed by atoms with Crippen molar-refractivity contribution in [2.45, 2.75) is 19.4 Å². The fourth-order valence-electron chi connectivity index (χ4n) is 0.862. The number of halogens is 2. The van der Waals surface area contributed by atoms with Gasteiger partial charge in [0.1, 0.15) is 6.61 Å². The average Bonchev–Trinajstić information content (AvgIpc) is 2.45. The van der Waals surface area contributed by atoms with Crippen LogP contribution in [0.15, 0.2) is 24.5 Å². The highest BCUT2D eigenvalue weighted by Gasteiger charge is 2.26. The first-order valence-corrected chi connectivity index (χ1v) is 7.75. The van der Waals surface area contributed by atoms with Crippen LogP contribution < -0.4 is 0 Å². The number of hydrogen-bond acceptors (Lipinski definition) is 7. The van der Waals surface area contributed by atoms with Crippen LogP contribution in [0.25, 0.3) is 0 Å². The van der Waals surface area contributed by atoms with Gasteiger partial charge in [-0.3, -0.25) is 13.7 Å². The number of carbonyl (C=O) groups excluding carboxylic acids is 1. The second-order valence-electron chi connectivity index (χ2n) is 4.45. The number of aromatic nitrogens is 1. The molecule has 0 aliphatic heterocycles. The summed E-state index contributed by atoms with van der Waals surface area (Å²) in [5, 5.41) is 0. The zero-order valence-corrected chi connectivity index (χ0v) is 14.4. The Hall–Kier alpha value is -0.970. The Morgan fingerprint density at radius 2 is 1.82 bits per heavy atom. The molecule has 0 bridgehead atoms. The Labute approximate surface area is 139 Å². The van der Waals surface area contributed by atoms with Gasteiger partial charge in [-0.1, -0.05) is 0 Å². The number of ether oxygens (including phenoxy) is 1. The summed E-state index contributed by atoms with van der Waals surface area (Å²) in [6.45, 7) is 3.61. The third kappa shape index (κ3) is 9.13. The third-order valence-electron chi connectivity index (χ3n) is 2.14. The minimum absolute atomic E-state index is 0.0984. The Bertz CT molecular complexity index is 565. The number of nitrogens with zero attached hydrogens (tertiary/aromatic N) is 2. The largest absolute Gasteiger partial charge is 0.460 e. The maximum atomic E-state index is 11.6. The van der Waals surface area contributed by atoms with Gasteiger partial charge in [-0.15, -0.1) is 3.94 Å². The van der Waals surface area contributed by atoms with Gasteiger partial charge in [0, 0.05) is 12.4 Å². The van der Waals surface area contributed by atoms with E-state index in [1.54, 1.807) is 26.0 Å². The van der Waals surface area contributed by atoms with Crippen LogP contribution in [0.1, 0.15) is 24.2 Å². The Kier molecular flexibility index (Phi) is 8.83. The van der Waals surface area contributed by atoms with E-state index in [1.165, 1.54) is 12.4 Å². The molecule has 1 rings (SSSR count). The van der Waals surface area contributed by atoms with Gasteiger partial charge < -0.3 is 4.74 Å². The molecule has 0 atom stereocenters. The predicted octanol–water partition coefficient (Wildman–Crippen LogP) is 2.06. The topological polar surface area (TPSA) is 106 Å². The van der Waals surface area contributed by atoms with Crippen molar-refractivity contribution in [3.05, 3.63) is 30.1 Å². The first-order valence-electron chi connectivity index (χ1n) is 5.71. The van der Waals surface area contributed by atoms with Crippen LogP contribution in [0.3, 0.4) is 0 Å². The van der Waals surface area contributed by atoms with Crippen molar-refractivity contribution in [3.8, 4) is 0 Å². The lowest BCUT2D eigenvalue weighted by Crippen LogP contribution is -2.37. The van der Waals surface area contributed by atoms with E-state index in [0.717, 1.165) is 11.0 Å². The number of esters is 1. The molecule has 0 amide bonds. The van der Waals surface area contributed by atoms with E-state index >= 15 is 0 Å². The number of pyridine rings is 1. The summed E-state index contributed by atoms with van der Waals surface area (Å²) in [4.78, 5) is 15.4. The summed E-state index contributed by atoms with van der Waals surface area (Å²) in [5.41, 5.74) is -0.187. The van der Waals surface area contributed by atoms with Crippen molar-refractivity contribution in [1.82, 2.24) is 8.92 Å². The quantitative estimate of drug-likeness (QED) is 0.474. The fraction of sp³-hybridized carbons (Fsp3) is 0.455. The highest BCUT2D eigenvalue weighted by molar-refractivity contribution is 7.80. The van der Waals surface area contributed by atoms with Crippen LogP contribution in [0, 0.1) is 0 Å². The Morgan fingerprint density at radius 3 is 2.18 bits per heavy atom. The molecular formula is C11H16Cl2N2O6S. The van der Waals surface area contributed by atoms with E-state index < -0.39 is 21.9 Å². The molecule has 22 heavy (non-hydrogen) atoms. The molecule has 0 aliphatic carbocycles. The number of hydrogen-bond donors (Lipinski definition) is 1. The molecule has 0 spiro atoms. The maximum absolute atomic E-state index is 11.6. The van der Waals surface area contributed by atoms with E-state index in [1.807, 2.05) is 0 Å². The standard InChI is InChI=1S/C10H12Cl2N2O2.CH4O4S/c1-10(2,14(11)12)7-16-9(15)8-3-5-13-6-4-8;1-5-6(2,3)4/h3-6H,7H2,1-2H3;1H3,(H,2,3,4).